The molecule has 9 heteroatoms. The molecule has 0 N–H and O–H groups in total. The number of benzene rings is 1. The van der Waals surface area contributed by atoms with Gasteiger partial charge in [-0.25, -0.2) is 0 Å². The van der Waals surface area contributed by atoms with E-state index < -0.39 is 78.6 Å². The average molecular weight is 865 g/mol. The molecule has 0 bridgehead atoms. The van der Waals surface area contributed by atoms with E-state index in [-0.39, 0.29) is 0 Å². The van der Waals surface area contributed by atoms with Crippen LogP contribution in [0.3, 0.4) is 0 Å². The topological polar surface area (TPSA) is 0 Å². The standard InChI is InChI=1S/C30H67Si7.Bi.HP/c1-31(2,3)28(32(4,5)6)25-22-26(29(33(7,8)9)34(10,11)12)24-27(23-25)30(35(13,14)15,36(16,17)18)37(19,20)21;;/h23-24,28-29H,1-21H3;;1H. The Labute approximate surface area is 266 Å². The van der Waals surface area contributed by atoms with E-state index in [1.54, 1.807) is 0 Å². The van der Waals surface area contributed by atoms with Crippen LogP contribution in [-0.2, 0) is 4.28 Å². The maximum atomic E-state index is 4.39. The van der Waals surface area contributed by atoms with Crippen molar-refractivity contribution >= 4 is 88.0 Å². The SMILES string of the molecule is C[Si](C)(C)C(c1cc(C([Si](C)(C)C)([Si](C)(C)C)[Si](C)(C)C)cc(C([Si](C)(C)C)[Si](C)(C)C)[c]1[Bi]=[PH])[Si](C)(C)C. The molecule has 1 rings (SSSR count). The van der Waals surface area contributed by atoms with Gasteiger partial charge in [0.15, 0.2) is 0 Å². The Morgan fingerprint density at radius 1 is 0.487 bits per heavy atom. The molecule has 0 aliphatic rings. The van der Waals surface area contributed by atoms with Gasteiger partial charge in [-0.15, -0.1) is 0 Å². The van der Waals surface area contributed by atoms with Crippen LogP contribution in [0, 0.1) is 0 Å². The fourth-order valence-corrected chi connectivity index (χ4v) is 72.8. The molecule has 0 heterocycles. The Kier molecular flexibility index (Phi) is 12.0. The van der Waals surface area contributed by atoms with Gasteiger partial charge in [-0.05, 0) is 0 Å². The minimum atomic E-state index is -1.60. The van der Waals surface area contributed by atoms with Crippen molar-refractivity contribution in [2.75, 3.05) is 0 Å². The molecule has 0 saturated carbocycles. The Morgan fingerprint density at radius 2 is 0.718 bits per heavy atom. The fourth-order valence-electron chi connectivity index (χ4n) is 10.6. The molecule has 0 unspecified atom stereocenters. The summed E-state index contributed by atoms with van der Waals surface area (Å²) in [5.74, 6) is 0. The zero-order valence-corrected chi connectivity index (χ0v) is 41.7. The first-order valence-electron chi connectivity index (χ1n) is 15.3. The number of rotatable bonds is 11. The molecule has 0 saturated heterocycles. The summed E-state index contributed by atoms with van der Waals surface area (Å²) in [6.45, 7) is 56.8. The van der Waals surface area contributed by atoms with Crippen LogP contribution in [-0.4, -0.2) is 78.6 Å². The van der Waals surface area contributed by atoms with Gasteiger partial charge in [0.05, 0.1) is 0 Å². The third-order valence-electron chi connectivity index (χ3n) is 9.17. The van der Waals surface area contributed by atoms with E-state index in [2.05, 4.69) is 156 Å². The van der Waals surface area contributed by atoms with Crippen LogP contribution < -0.4 is 3.27 Å². The van der Waals surface area contributed by atoms with Crippen molar-refractivity contribution in [2.45, 2.75) is 152 Å². The zero-order valence-electron chi connectivity index (χ0n) is 30.3. The first kappa shape index (κ1) is 38.9. The van der Waals surface area contributed by atoms with Crippen molar-refractivity contribution in [1.82, 2.24) is 0 Å². The van der Waals surface area contributed by atoms with Crippen molar-refractivity contribution in [3.05, 3.63) is 28.8 Å². The van der Waals surface area contributed by atoms with Gasteiger partial charge in [-0.1, -0.05) is 0 Å². The van der Waals surface area contributed by atoms with Crippen LogP contribution in [0.25, 0.3) is 0 Å². The van der Waals surface area contributed by atoms with E-state index in [1.807, 2.05) is 20.0 Å². The average Bonchev–Trinajstić information content (AvgIpc) is 2.52. The molecular formula is C30H68BiPSi7. The van der Waals surface area contributed by atoms with E-state index in [9.17, 15) is 0 Å². The number of hydrogen-bond donors (Lipinski definition) is 0. The third kappa shape index (κ3) is 7.96. The Bertz CT molecular complexity index is 917. The van der Waals surface area contributed by atoms with E-state index in [1.165, 1.54) is 0 Å². The predicted molar refractivity (Wildman–Crippen MR) is 211 cm³/mol. The monoisotopic (exact) mass is 864 g/mol. The molecule has 0 fully saturated rings. The first-order chi connectivity index (χ1) is 16.8. The van der Waals surface area contributed by atoms with Gasteiger partial charge in [0.1, 0.15) is 0 Å². The molecular weight excluding hydrogens is 797 g/mol. The quantitative estimate of drug-likeness (QED) is 0.154. The van der Waals surface area contributed by atoms with Gasteiger partial charge >= 0.3 is 269 Å². The van der Waals surface area contributed by atoms with Crippen molar-refractivity contribution in [3.8, 4) is 0 Å². The molecule has 0 aliphatic carbocycles. The van der Waals surface area contributed by atoms with Crippen molar-refractivity contribution in [1.29, 1.82) is 0 Å². The number of hydrogen-bond acceptors (Lipinski definition) is 0. The molecule has 1 aromatic carbocycles. The summed E-state index contributed by atoms with van der Waals surface area (Å²) in [6.07, 6.45) is 0. The van der Waals surface area contributed by atoms with Crippen LogP contribution >= 0.6 is 6.06 Å². The van der Waals surface area contributed by atoms with Crippen molar-refractivity contribution in [3.63, 3.8) is 0 Å². The predicted octanol–water partition coefficient (Wildman–Crippen LogP) is 10.6. The minimum absolute atomic E-state index is 0.430. The van der Waals surface area contributed by atoms with Gasteiger partial charge < -0.3 is 0 Å². The summed E-state index contributed by atoms with van der Waals surface area (Å²) in [7, 11) is -10.6. The first-order valence-corrected chi connectivity index (χ1v) is 47.5. The molecule has 0 radical (unpaired) electrons. The van der Waals surface area contributed by atoms with Crippen molar-refractivity contribution in [2.24, 2.45) is 0 Å². The van der Waals surface area contributed by atoms with Gasteiger partial charge in [0.25, 0.3) is 0 Å². The van der Waals surface area contributed by atoms with Gasteiger partial charge in [-0.3, -0.25) is 0 Å². The van der Waals surface area contributed by atoms with Crippen molar-refractivity contribution < 1.29 is 0 Å². The second-order valence-electron chi connectivity index (χ2n) is 19.9. The van der Waals surface area contributed by atoms with E-state index in [0.717, 1.165) is 10.3 Å². The molecule has 39 heavy (non-hydrogen) atoms. The van der Waals surface area contributed by atoms with Crippen LogP contribution in [0.4, 0.5) is 0 Å². The molecule has 0 spiro atoms. The molecule has 226 valence electrons. The normalized spacial score (nSPS) is 15.4. The summed E-state index contributed by atoms with van der Waals surface area (Å²) >= 11 is -0.974. The zero-order chi connectivity index (χ0) is 31.6. The van der Waals surface area contributed by atoms with Gasteiger partial charge in [0, 0.05) is 0 Å². The molecule has 0 aliphatic heterocycles. The summed E-state index contributed by atoms with van der Waals surface area (Å²) in [6, 6.07) is 10.3. The van der Waals surface area contributed by atoms with Crippen LogP contribution in [0.15, 0.2) is 12.1 Å². The Morgan fingerprint density at radius 3 is 0.872 bits per heavy atom. The van der Waals surface area contributed by atoms with E-state index in [4.69, 9.17) is 0 Å². The molecule has 0 atom stereocenters. The summed E-state index contributed by atoms with van der Waals surface area (Å²) in [5, 5.41) is 1.62. The second kappa shape index (κ2) is 12.0. The molecule has 0 amide bonds. The Hall–Kier alpha value is 1.92. The fraction of sp³-hybridized carbons (Fsp3) is 0.800. The molecule has 0 aromatic heterocycles. The Balaban J connectivity index is 4.81. The molecule has 1 aromatic rings. The second-order valence-corrected chi connectivity index (χ2v) is 64.2. The van der Waals surface area contributed by atoms with E-state index in [0.29, 0.717) is 4.28 Å². The van der Waals surface area contributed by atoms with E-state index >= 15 is 0 Å². The van der Waals surface area contributed by atoms with Crippen LogP contribution in [0.2, 0.25) is 137 Å². The van der Waals surface area contributed by atoms with Crippen LogP contribution in [0.5, 0.6) is 0 Å². The maximum absolute atomic E-state index is 4.39. The summed E-state index contributed by atoms with van der Waals surface area (Å²) < 4.78 is 2.32. The third-order valence-corrected chi connectivity index (χ3v) is 53.7. The summed E-state index contributed by atoms with van der Waals surface area (Å²) in [4.78, 5) is 0. The van der Waals surface area contributed by atoms with Crippen LogP contribution in [0.1, 0.15) is 27.0 Å². The van der Waals surface area contributed by atoms with Gasteiger partial charge in [0.2, 0.25) is 0 Å². The summed E-state index contributed by atoms with van der Waals surface area (Å²) in [5.41, 5.74) is 5.57. The van der Waals surface area contributed by atoms with Gasteiger partial charge in [-0.2, -0.15) is 0 Å². The molecule has 0 nitrogen and oxygen atoms in total.